The van der Waals surface area contributed by atoms with Gasteiger partial charge < -0.3 is 22.3 Å². The van der Waals surface area contributed by atoms with Gasteiger partial charge in [-0.1, -0.05) is 44.1 Å². The van der Waals surface area contributed by atoms with Crippen LogP contribution in [0.25, 0.3) is 17.8 Å². The second-order valence-corrected chi connectivity index (χ2v) is 7.94. The molecule has 0 radical (unpaired) electrons. The molecule has 0 aliphatic rings. The molecule has 2 aromatic rings. The van der Waals surface area contributed by atoms with E-state index in [2.05, 4.69) is 32.6 Å². The Morgan fingerprint density at radius 3 is 2.41 bits per heavy atom. The monoisotopic (exact) mass is 464 g/mol. The molecular formula is C28H40N4O2. The molecule has 184 valence electrons. The highest BCUT2D eigenvalue weighted by molar-refractivity contribution is 5.84. The first kappa shape index (κ1) is 28.5. The zero-order valence-corrected chi connectivity index (χ0v) is 21.4. The van der Waals surface area contributed by atoms with Gasteiger partial charge in [-0.2, -0.15) is 0 Å². The van der Waals surface area contributed by atoms with Gasteiger partial charge in [0.1, 0.15) is 11.6 Å². The van der Waals surface area contributed by atoms with Crippen LogP contribution < -0.4 is 27.8 Å². The van der Waals surface area contributed by atoms with E-state index < -0.39 is 0 Å². The van der Waals surface area contributed by atoms with Crippen LogP contribution in [-0.2, 0) is 0 Å². The van der Waals surface area contributed by atoms with E-state index in [1.807, 2.05) is 42.7 Å². The fraction of sp³-hybridized carbons (Fsp3) is 0.321. The van der Waals surface area contributed by atoms with Crippen molar-refractivity contribution in [2.24, 2.45) is 11.5 Å². The molecule has 7 N–H and O–H groups in total. The van der Waals surface area contributed by atoms with Crippen molar-refractivity contribution in [3.8, 4) is 11.4 Å². The molecule has 34 heavy (non-hydrogen) atoms. The Bertz CT molecular complexity index is 1200. The van der Waals surface area contributed by atoms with Gasteiger partial charge in [-0.15, -0.1) is 0 Å². The molecule has 0 amide bonds. The molecule has 0 unspecified atom stereocenters. The number of benzene rings is 1. The largest absolute Gasteiger partial charge is 0.508 e. The minimum atomic E-state index is 0.139. The van der Waals surface area contributed by atoms with Crippen molar-refractivity contribution in [3.05, 3.63) is 75.0 Å². The first-order valence-electron chi connectivity index (χ1n) is 11.6. The number of nitrogen functional groups attached to an aromatic ring is 1. The van der Waals surface area contributed by atoms with Gasteiger partial charge in [0.25, 0.3) is 0 Å². The minimum absolute atomic E-state index is 0.139. The van der Waals surface area contributed by atoms with E-state index in [1.165, 1.54) is 12.6 Å². The lowest BCUT2D eigenvalue weighted by Gasteiger charge is -2.11. The van der Waals surface area contributed by atoms with E-state index >= 15 is 0 Å². The average Bonchev–Trinajstić information content (AvgIpc) is 3.11. The number of rotatable bonds is 8. The van der Waals surface area contributed by atoms with E-state index in [-0.39, 0.29) is 5.75 Å². The van der Waals surface area contributed by atoms with Crippen molar-refractivity contribution in [3.63, 3.8) is 0 Å². The van der Waals surface area contributed by atoms with E-state index in [0.717, 1.165) is 58.5 Å². The number of carbonyl (C=O) groups is 1. The van der Waals surface area contributed by atoms with Gasteiger partial charge in [0, 0.05) is 11.3 Å². The summed E-state index contributed by atoms with van der Waals surface area (Å²) in [6, 6.07) is 5.14. The van der Waals surface area contributed by atoms with Gasteiger partial charge in [0.2, 0.25) is 0 Å². The second kappa shape index (κ2) is 13.9. The summed E-state index contributed by atoms with van der Waals surface area (Å²) in [5, 5.41) is 11.7. The van der Waals surface area contributed by atoms with Crippen LogP contribution in [0.5, 0.6) is 5.75 Å². The lowest BCUT2D eigenvalue weighted by molar-refractivity contribution is 0.112. The number of aldehydes is 1. The van der Waals surface area contributed by atoms with Crippen molar-refractivity contribution in [1.29, 1.82) is 0 Å². The zero-order chi connectivity index (χ0) is 25.8. The van der Waals surface area contributed by atoms with Gasteiger partial charge in [-0.05, 0) is 81.8 Å². The molecular weight excluding hydrogens is 424 g/mol. The number of aromatic nitrogens is 1. The van der Waals surface area contributed by atoms with E-state index in [1.54, 1.807) is 18.3 Å². The summed E-state index contributed by atoms with van der Waals surface area (Å²) in [5.74, 6) is 0.496. The fourth-order valence-electron chi connectivity index (χ4n) is 3.73. The molecule has 0 saturated heterocycles. The molecule has 0 aliphatic heterocycles. The molecule has 2 rings (SSSR count). The number of hydrogen-bond acceptors (Lipinski definition) is 5. The molecule has 0 saturated carbocycles. The number of aryl methyl sites for hydroxylation is 1. The third-order valence-corrected chi connectivity index (χ3v) is 5.68. The van der Waals surface area contributed by atoms with Crippen LogP contribution in [-0.4, -0.2) is 23.0 Å². The number of carbonyl (C=O) groups excluding carboxylic acids is 1. The van der Waals surface area contributed by atoms with Crippen molar-refractivity contribution in [1.82, 2.24) is 4.57 Å². The summed E-state index contributed by atoms with van der Waals surface area (Å²) in [6.45, 7) is 10.3. The number of aromatic hydroxyl groups is 1. The quantitative estimate of drug-likeness (QED) is 0.348. The van der Waals surface area contributed by atoms with E-state index in [0.29, 0.717) is 11.4 Å². The third kappa shape index (κ3) is 6.51. The second-order valence-electron chi connectivity index (χ2n) is 7.94. The molecule has 6 heteroatoms. The van der Waals surface area contributed by atoms with Crippen molar-refractivity contribution in [2.45, 2.75) is 53.9 Å². The maximum Gasteiger partial charge on any atom is 0.154 e. The maximum absolute atomic E-state index is 12.0. The van der Waals surface area contributed by atoms with Crippen LogP contribution in [0.1, 0.15) is 62.9 Å². The van der Waals surface area contributed by atoms with Gasteiger partial charge >= 0.3 is 0 Å². The van der Waals surface area contributed by atoms with Crippen molar-refractivity contribution in [2.75, 3.05) is 12.8 Å². The van der Waals surface area contributed by atoms with Crippen molar-refractivity contribution >= 4 is 24.3 Å². The van der Waals surface area contributed by atoms with Gasteiger partial charge in [-0.3, -0.25) is 9.36 Å². The summed E-state index contributed by atoms with van der Waals surface area (Å²) in [4.78, 5) is 12.0. The molecule has 0 fully saturated rings. The minimum Gasteiger partial charge on any atom is -0.508 e. The van der Waals surface area contributed by atoms with E-state index in [9.17, 15) is 9.90 Å². The number of allylic oxidation sites excluding steroid dienone is 5. The SMILES string of the molecule is CCC/C=c1/c(C=O)c(N)n(-c2cc(O)ccc2C)/c1=C/C=C(C)/C(/C=C\N)=C(/C)CC.CN. The molecule has 0 spiro atoms. The highest BCUT2D eigenvalue weighted by Gasteiger charge is 2.15. The molecule has 0 aliphatic carbocycles. The van der Waals surface area contributed by atoms with E-state index in [4.69, 9.17) is 11.5 Å². The highest BCUT2D eigenvalue weighted by atomic mass is 16.3. The first-order valence-corrected chi connectivity index (χ1v) is 11.6. The number of phenols is 1. The van der Waals surface area contributed by atoms with Crippen LogP contribution in [0.2, 0.25) is 0 Å². The Morgan fingerprint density at radius 2 is 1.85 bits per heavy atom. The maximum atomic E-state index is 12.0. The lowest BCUT2D eigenvalue weighted by atomic mass is 10.00. The number of nitrogens with two attached hydrogens (primary N) is 3. The smallest absolute Gasteiger partial charge is 0.154 e. The average molecular weight is 465 g/mol. The molecule has 1 aromatic heterocycles. The number of phenolic OH excluding ortho intramolecular Hbond substituents is 1. The Morgan fingerprint density at radius 1 is 1.18 bits per heavy atom. The van der Waals surface area contributed by atoms with Crippen LogP contribution in [0.15, 0.2) is 53.3 Å². The molecule has 0 atom stereocenters. The van der Waals surface area contributed by atoms with Crippen LogP contribution in [0.4, 0.5) is 5.82 Å². The number of nitrogens with zero attached hydrogens (tertiary/aromatic N) is 1. The van der Waals surface area contributed by atoms with Crippen molar-refractivity contribution < 1.29 is 9.90 Å². The Kier molecular flexibility index (Phi) is 11.7. The highest BCUT2D eigenvalue weighted by Crippen LogP contribution is 2.22. The summed E-state index contributed by atoms with van der Waals surface area (Å²) in [7, 11) is 1.50. The zero-order valence-electron chi connectivity index (χ0n) is 21.4. The van der Waals surface area contributed by atoms with Crippen LogP contribution in [0.3, 0.4) is 0 Å². The topological polar surface area (TPSA) is 120 Å². The first-order chi connectivity index (χ1) is 16.3. The molecule has 6 nitrogen and oxygen atoms in total. The third-order valence-electron chi connectivity index (χ3n) is 5.68. The predicted molar refractivity (Wildman–Crippen MR) is 145 cm³/mol. The predicted octanol–water partition coefficient (Wildman–Crippen LogP) is 3.97. The molecule has 1 heterocycles. The molecule has 0 bridgehead atoms. The number of anilines is 1. The van der Waals surface area contributed by atoms with Crippen LogP contribution in [0, 0.1) is 6.92 Å². The van der Waals surface area contributed by atoms with Gasteiger partial charge in [-0.25, -0.2) is 0 Å². The number of hydrogen-bond donors (Lipinski definition) is 4. The fourth-order valence-corrected chi connectivity index (χ4v) is 3.73. The summed E-state index contributed by atoms with van der Waals surface area (Å²) < 4.78 is 1.85. The Labute approximate surface area is 203 Å². The normalized spacial score (nSPS) is 13.7. The number of unbranched alkanes of at least 4 members (excludes halogenated alkanes) is 1. The molecule has 1 aromatic carbocycles. The summed E-state index contributed by atoms with van der Waals surface area (Å²) in [6.07, 6.45) is 13.0. The summed E-state index contributed by atoms with van der Waals surface area (Å²) in [5.41, 5.74) is 22.2. The van der Waals surface area contributed by atoms with Crippen LogP contribution >= 0.6 is 0 Å². The Balaban J connectivity index is 0.00000281. The standard InChI is InChI=1S/C27H35N3O2.CH5N/c1-6-8-9-23-24(17-31)27(29)30(26-16-21(32)12-10-20(26)5)25(23)13-11-19(4)22(14-15-28)18(3)7-2;1-2/h9-17,32H,6-8,28-29H2,1-5H3;2H2,1H3/b15-14-,19-11+,22-18-,23-9-,25-13+;. The van der Waals surface area contributed by atoms with Gasteiger partial charge in [0.05, 0.1) is 16.6 Å². The lowest BCUT2D eigenvalue weighted by Crippen LogP contribution is -2.30. The van der Waals surface area contributed by atoms with Gasteiger partial charge in [0.15, 0.2) is 6.29 Å². The summed E-state index contributed by atoms with van der Waals surface area (Å²) >= 11 is 0. The Hall–Kier alpha value is -3.51.